The average molecular weight is 305 g/mol. The quantitative estimate of drug-likeness (QED) is 0.851. The molecule has 5 nitrogen and oxygen atoms in total. The van der Waals surface area contributed by atoms with Crippen LogP contribution < -0.4 is 10.5 Å². The first-order chi connectivity index (χ1) is 10.00. The number of sulfonamides is 1. The maximum atomic E-state index is 12.2. The van der Waals surface area contributed by atoms with Gasteiger partial charge in [-0.25, -0.2) is 13.1 Å². The molecule has 0 saturated carbocycles. The molecule has 2 aromatic rings. The Kier molecular flexibility index (Phi) is 5.06. The Morgan fingerprint density at radius 3 is 2.62 bits per heavy atom. The molecular formula is C15H19N3O2S. The van der Waals surface area contributed by atoms with Crippen LogP contribution in [0, 0.1) is 0 Å². The number of hydrogen-bond donors (Lipinski definition) is 2. The van der Waals surface area contributed by atoms with Crippen molar-refractivity contribution in [2.45, 2.75) is 25.3 Å². The van der Waals surface area contributed by atoms with Gasteiger partial charge in [0.25, 0.3) is 0 Å². The Balaban J connectivity index is 2.08. The van der Waals surface area contributed by atoms with Crippen molar-refractivity contribution in [3.63, 3.8) is 0 Å². The van der Waals surface area contributed by atoms with E-state index in [-0.39, 0.29) is 11.8 Å². The summed E-state index contributed by atoms with van der Waals surface area (Å²) in [6.07, 6.45) is 1.64. The van der Waals surface area contributed by atoms with Crippen molar-refractivity contribution >= 4 is 10.0 Å². The number of benzene rings is 1. The average Bonchev–Trinajstić information content (AvgIpc) is 2.47. The molecule has 112 valence electrons. The van der Waals surface area contributed by atoms with Crippen molar-refractivity contribution in [2.75, 3.05) is 0 Å². The highest BCUT2D eigenvalue weighted by molar-refractivity contribution is 7.88. The van der Waals surface area contributed by atoms with Crippen LogP contribution in [-0.4, -0.2) is 13.4 Å². The Labute approximate surface area is 125 Å². The number of nitrogens with two attached hydrogens (primary N) is 1. The lowest BCUT2D eigenvalue weighted by molar-refractivity contribution is 0.563. The molecule has 0 aliphatic carbocycles. The van der Waals surface area contributed by atoms with Crippen LogP contribution in [0.4, 0.5) is 0 Å². The van der Waals surface area contributed by atoms with Crippen molar-refractivity contribution in [2.24, 2.45) is 5.73 Å². The zero-order valence-corrected chi connectivity index (χ0v) is 12.7. The van der Waals surface area contributed by atoms with Crippen molar-refractivity contribution in [3.8, 4) is 0 Å². The molecule has 0 radical (unpaired) electrons. The lowest BCUT2D eigenvalue weighted by Crippen LogP contribution is -2.28. The molecule has 0 aliphatic heterocycles. The summed E-state index contributed by atoms with van der Waals surface area (Å²) in [5.41, 5.74) is 7.90. The molecule has 0 fully saturated rings. The van der Waals surface area contributed by atoms with Crippen molar-refractivity contribution in [3.05, 3.63) is 65.5 Å². The molecule has 3 N–H and O–H groups in total. The van der Waals surface area contributed by atoms with Crippen LogP contribution >= 0.6 is 0 Å². The molecule has 0 aliphatic rings. The van der Waals surface area contributed by atoms with Crippen LogP contribution in [0.25, 0.3) is 0 Å². The lowest BCUT2D eigenvalue weighted by atomic mass is 10.1. The topological polar surface area (TPSA) is 85.1 Å². The molecule has 1 heterocycles. The SMILES string of the molecule is CC(NS(=O)(=O)Cc1cccc(CN)c1)c1ccccn1. The van der Waals surface area contributed by atoms with Crippen LogP contribution in [0.1, 0.15) is 29.8 Å². The minimum Gasteiger partial charge on any atom is -0.326 e. The van der Waals surface area contributed by atoms with E-state index >= 15 is 0 Å². The molecule has 21 heavy (non-hydrogen) atoms. The van der Waals surface area contributed by atoms with Gasteiger partial charge in [-0.2, -0.15) is 0 Å². The molecule has 0 spiro atoms. The zero-order chi connectivity index (χ0) is 15.3. The molecule has 0 saturated heterocycles. The van der Waals surface area contributed by atoms with E-state index in [4.69, 9.17) is 5.73 Å². The van der Waals surface area contributed by atoms with E-state index in [2.05, 4.69) is 9.71 Å². The minimum absolute atomic E-state index is 0.0714. The highest BCUT2D eigenvalue weighted by Gasteiger charge is 2.17. The van der Waals surface area contributed by atoms with Crippen molar-refractivity contribution in [1.29, 1.82) is 0 Å². The van der Waals surface area contributed by atoms with Crippen LogP contribution in [0.2, 0.25) is 0 Å². The van der Waals surface area contributed by atoms with Gasteiger partial charge in [-0.15, -0.1) is 0 Å². The Hall–Kier alpha value is -1.76. The largest absolute Gasteiger partial charge is 0.326 e. The Morgan fingerprint density at radius 1 is 1.19 bits per heavy atom. The van der Waals surface area contributed by atoms with Crippen molar-refractivity contribution < 1.29 is 8.42 Å². The van der Waals surface area contributed by atoms with Gasteiger partial charge in [0.05, 0.1) is 17.5 Å². The van der Waals surface area contributed by atoms with Gasteiger partial charge in [-0.3, -0.25) is 4.98 Å². The Morgan fingerprint density at radius 2 is 1.95 bits per heavy atom. The van der Waals surface area contributed by atoms with Gasteiger partial charge in [-0.05, 0) is 30.2 Å². The number of nitrogens with zero attached hydrogens (tertiary/aromatic N) is 1. The third kappa shape index (κ3) is 4.63. The summed E-state index contributed by atoms with van der Waals surface area (Å²) >= 11 is 0. The molecule has 1 atom stereocenters. The number of pyridine rings is 1. The first kappa shape index (κ1) is 15.6. The predicted octanol–water partition coefficient (Wildman–Crippen LogP) is 1.72. The van der Waals surface area contributed by atoms with Gasteiger partial charge in [0, 0.05) is 12.7 Å². The molecular weight excluding hydrogens is 286 g/mol. The van der Waals surface area contributed by atoms with Gasteiger partial charge in [0.2, 0.25) is 10.0 Å². The fraction of sp³-hybridized carbons (Fsp3) is 0.267. The number of rotatable bonds is 6. The fourth-order valence-electron chi connectivity index (χ4n) is 2.07. The van der Waals surface area contributed by atoms with Gasteiger partial charge in [-0.1, -0.05) is 30.3 Å². The monoisotopic (exact) mass is 305 g/mol. The van der Waals surface area contributed by atoms with Gasteiger partial charge >= 0.3 is 0 Å². The van der Waals surface area contributed by atoms with Crippen LogP contribution in [0.15, 0.2) is 48.7 Å². The number of nitrogens with one attached hydrogen (secondary N) is 1. The molecule has 1 aromatic carbocycles. The number of aromatic nitrogens is 1. The van der Waals surface area contributed by atoms with Crippen LogP contribution in [0.5, 0.6) is 0 Å². The molecule has 1 unspecified atom stereocenters. The fourth-order valence-corrected chi connectivity index (χ4v) is 3.43. The lowest BCUT2D eigenvalue weighted by Gasteiger charge is -2.14. The smallest absolute Gasteiger partial charge is 0.216 e. The van der Waals surface area contributed by atoms with Gasteiger partial charge in [0.1, 0.15) is 0 Å². The summed E-state index contributed by atoms with van der Waals surface area (Å²) in [4.78, 5) is 4.15. The Bertz CT molecular complexity index is 687. The third-order valence-corrected chi connectivity index (χ3v) is 4.50. The summed E-state index contributed by atoms with van der Waals surface area (Å²) in [6, 6.07) is 12.3. The second-order valence-electron chi connectivity index (χ2n) is 4.88. The molecule has 1 aromatic heterocycles. The van der Waals surface area contributed by atoms with E-state index in [9.17, 15) is 8.42 Å². The summed E-state index contributed by atoms with van der Waals surface area (Å²) in [5, 5.41) is 0. The molecule has 2 rings (SSSR count). The van der Waals surface area contributed by atoms with Gasteiger partial charge in [0.15, 0.2) is 0 Å². The van der Waals surface area contributed by atoms with E-state index < -0.39 is 10.0 Å². The van der Waals surface area contributed by atoms with E-state index in [0.29, 0.717) is 12.2 Å². The third-order valence-electron chi connectivity index (χ3n) is 3.07. The van der Waals surface area contributed by atoms with Gasteiger partial charge < -0.3 is 5.73 Å². The van der Waals surface area contributed by atoms with E-state index in [1.807, 2.05) is 24.3 Å². The standard InChI is InChI=1S/C15H19N3O2S/c1-12(15-7-2-3-8-17-15)18-21(19,20)11-14-6-4-5-13(9-14)10-16/h2-9,12,18H,10-11,16H2,1H3. The maximum absolute atomic E-state index is 12.2. The minimum atomic E-state index is -3.44. The summed E-state index contributed by atoms with van der Waals surface area (Å²) in [5.74, 6) is -0.0714. The van der Waals surface area contributed by atoms with Crippen molar-refractivity contribution in [1.82, 2.24) is 9.71 Å². The first-order valence-corrected chi connectivity index (χ1v) is 8.34. The van der Waals surface area contributed by atoms with Crippen LogP contribution in [0.3, 0.4) is 0 Å². The summed E-state index contributed by atoms with van der Waals surface area (Å²) < 4.78 is 27.1. The second-order valence-corrected chi connectivity index (χ2v) is 6.63. The summed E-state index contributed by atoms with van der Waals surface area (Å²) in [7, 11) is -3.44. The molecule has 0 amide bonds. The predicted molar refractivity (Wildman–Crippen MR) is 82.7 cm³/mol. The maximum Gasteiger partial charge on any atom is 0.216 e. The van der Waals surface area contributed by atoms with Crippen LogP contribution in [-0.2, 0) is 22.3 Å². The molecule has 6 heteroatoms. The number of hydrogen-bond acceptors (Lipinski definition) is 4. The highest BCUT2D eigenvalue weighted by Crippen LogP contribution is 2.13. The van der Waals surface area contributed by atoms with E-state index in [1.54, 1.807) is 31.3 Å². The summed E-state index contributed by atoms with van der Waals surface area (Å²) in [6.45, 7) is 2.17. The van der Waals surface area contributed by atoms with E-state index in [0.717, 1.165) is 11.1 Å². The zero-order valence-electron chi connectivity index (χ0n) is 11.9. The van der Waals surface area contributed by atoms with E-state index in [1.165, 1.54) is 0 Å². The first-order valence-electron chi connectivity index (χ1n) is 6.69. The highest BCUT2D eigenvalue weighted by atomic mass is 32.2. The second kappa shape index (κ2) is 6.80. The normalized spacial score (nSPS) is 13.0. The molecule has 0 bridgehead atoms.